The monoisotopic (exact) mass is 320 g/mol. The fourth-order valence-electron chi connectivity index (χ4n) is 1.11. The van der Waals surface area contributed by atoms with Crippen molar-refractivity contribution >= 4 is 31.6 Å². The molecule has 3 N–H and O–H groups in total. The molecule has 0 amide bonds. The van der Waals surface area contributed by atoms with E-state index in [4.69, 9.17) is 12.2 Å². The van der Waals surface area contributed by atoms with Crippen molar-refractivity contribution in [2.75, 3.05) is 12.3 Å². The third kappa shape index (κ3) is 3.43. The number of rotatable bonds is 4. The Bertz CT molecular complexity index is 566. The van der Waals surface area contributed by atoms with Crippen molar-refractivity contribution in [3.8, 4) is 12.3 Å². The number of benzene rings is 1. The highest BCUT2D eigenvalue weighted by Gasteiger charge is 2.18. The summed E-state index contributed by atoms with van der Waals surface area (Å²) in [6.07, 6.45) is 5.27. The molecule has 1 rings (SSSR count). The van der Waals surface area contributed by atoms with Gasteiger partial charge in [0.05, 0.1) is 10.2 Å². The number of sulfonamides is 1. The SMILES string of the molecule is C#CCCNS(=O)(=O)c1cc(Br)c(F)cc1N. The molecular formula is C10H10BrFN2O2S. The van der Waals surface area contributed by atoms with Gasteiger partial charge in [-0.15, -0.1) is 12.3 Å². The van der Waals surface area contributed by atoms with Crippen LogP contribution in [0.25, 0.3) is 0 Å². The summed E-state index contributed by atoms with van der Waals surface area (Å²) in [6.45, 7) is 0.104. The van der Waals surface area contributed by atoms with E-state index in [1.807, 2.05) is 0 Å². The summed E-state index contributed by atoms with van der Waals surface area (Å²) in [5, 5.41) is 0. The molecule has 0 atom stereocenters. The molecule has 0 spiro atoms. The molecule has 1 aromatic carbocycles. The largest absolute Gasteiger partial charge is 0.398 e. The van der Waals surface area contributed by atoms with Gasteiger partial charge in [-0.3, -0.25) is 0 Å². The highest BCUT2D eigenvalue weighted by Crippen LogP contribution is 2.25. The van der Waals surface area contributed by atoms with E-state index in [1.54, 1.807) is 0 Å². The Morgan fingerprint density at radius 3 is 2.76 bits per heavy atom. The fraction of sp³-hybridized carbons (Fsp3) is 0.200. The molecule has 7 heteroatoms. The number of hydrogen-bond donors (Lipinski definition) is 2. The maximum absolute atomic E-state index is 13.1. The smallest absolute Gasteiger partial charge is 0.242 e. The number of halogens is 2. The number of nitrogens with one attached hydrogen (secondary N) is 1. The summed E-state index contributed by atoms with van der Waals surface area (Å²) in [6, 6.07) is 2.06. The molecule has 0 aliphatic carbocycles. The average molecular weight is 321 g/mol. The van der Waals surface area contributed by atoms with Crippen LogP contribution >= 0.6 is 15.9 Å². The second-order valence-electron chi connectivity index (χ2n) is 3.16. The van der Waals surface area contributed by atoms with Gasteiger partial charge in [-0.1, -0.05) is 0 Å². The first kappa shape index (κ1) is 14.0. The van der Waals surface area contributed by atoms with Gasteiger partial charge in [-0.25, -0.2) is 17.5 Å². The number of hydrogen-bond acceptors (Lipinski definition) is 3. The van der Waals surface area contributed by atoms with E-state index in [1.165, 1.54) is 0 Å². The Labute approximate surface area is 108 Å². The number of nitrogen functional groups attached to an aromatic ring is 1. The van der Waals surface area contributed by atoms with Crippen LogP contribution in [0.15, 0.2) is 21.5 Å². The predicted molar refractivity (Wildman–Crippen MR) is 67.2 cm³/mol. The summed E-state index contributed by atoms with van der Waals surface area (Å²) >= 11 is 2.90. The maximum atomic E-state index is 13.1. The lowest BCUT2D eigenvalue weighted by Crippen LogP contribution is -2.25. The first-order chi connectivity index (χ1) is 7.88. The average Bonchev–Trinajstić information content (AvgIpc) is 2.23. The fourth-order valence-corrected chi connectivity index (χ4v) is 2.78. The van der Waals surface area contributed by atoms with Crippen LogP contribution in [-0.4, -0.2) is 15.0 Å². The second kappa shape index (κ2) is 5.49. The molecule has 17 heavy (non-hydrogen) atoms. The van der Waals surface area contributed by atoms with Crippen LogP contribution in [0.3, 0.4) is 0 Å². The first-order valence-electron chi connectivity index (χ1n) is 4.56. The molecule has 0 saturated carbocycles. The van der Waals surface area contributed by atoms with Gasteiger partial charge in [0.1, 0.15) is 10.7 Å². The molecule has 92 valence electrons. The Morgan fingerprint density at radius 1 is 1.53 bits per heavy atom. The molecule has 1 aromatic rings. The first-order valence-corrected chi connectivity index (χ1v) is 6.83. The Hall–Kier alpha value is -1.10. The molecular weight excluding hydrogens is 311 g/mol. The van der Waals surface area contributed by atoms with Crippen molar-refractivity contribution in [1.29, 1.82) is 0 Å². The summed E-state index contributed by atoms with van der Waals surface area (Å²) < 4.78 is 39.0. The van der Waals surface area contributed by atoms with Crippen LogP contribution in [0.5, 0.6) is 0 Å². The van der Waals surface area contributed by atoms with E-state index >= 15 is 0 Å². The molecule has 0 radical (unpaired) electrons. The van der Waals surface area contributed by atoms with E-state index in [0.29, 0.717) is 0 Å². The quantitative estimate of drug-likeness (QED) is 0.501. The van der Waals surface area contributed by atoms with Gasteiger partial charge >= 0.3 is 0 Å². The van der Waals surface area contributed by atoms with Gasteiger partial charge in [0, 0.05) is 13.0 Å². The maximum Gasteiger partial charge on any atom is 0.242 e. The van der Waals surface area contributed by atoms with E-state index in [2.05, 4.69) is 26.6 Å². The van der Waals surface area contributed by atoms with Gasteiger partial charge in [-0.2, -0.15) is 0 Å². The zero-order valence-electron chi connectivity index (χ0n) is 8.70. The Balaban J connectivity index is 3.08. The lowest BCUT2D eigenvalue weighted by molar-refractivity contribution is 0.581. The lowest BCUT2D eigenvalue weighted by Gasteiger charge is -2.09. The van der Waals surface area contributed by atoms with Crippen LogP contribution in [0.1, 0.15) is 6.42 Å². The predicted octanol–water partition coefficient (Wildman–Crippen LogP) is 1.47. The molecule has 0 unspecified atom stereocenters. The number of terminal acetylenes is 1. The van der Waals surface area contributed by atoms with Crippen molar-refractivity contribution < 1.29 is 12.8 Å². The van der Waals surface area contributed by atoms with E-state index in [-0.39, 0.29) is 28.0 Å². The van der Waals surface area contributed by atoms with Crippen LogP contribution < -0.4 is 10.5 Å². The number of anilines is 1. The van der Waals surface area contributed by atoms with E-state index < -0.39 is 15.8 Å². The highest BCUT2D eigenvalue weighted by molar-refractivity contribution is 9.10. The van der Waals surface area contributed by atoms with Gasteiger partial charge in [0.2, 0.25) is 10.0 Å². The van der Waals surface area contributed by atoms with Crippen LogP contribution in [0.4, 0.5) is 10.1 Å². The summed E-state index contributed by atoms with van der Waals surface area (Å²) in [5.41, 5.74) is 5.31. The summed E-state index contributed by atoms with van der Waals surface area (Å²) in [5.74, 6) is 1.68. The normalized spacial score (nSPS) is 11.1. The van der Waals surface area contributed by atoms with E-state index in [9.17, 15) is 12.8 Å². The van der Waals surface area contributed by atoms with E-state index in [0.717, 1.165) is 12.1 Å². The van der Waals surface area contributed by atoms with Gasteiger partial charge < -0.3 is 5.73 Å². The zero-order chi connectivity index (χ0) is 13.1. The highest BCUT2D eigenvalue weighted by atomic mass is 79.9. The van der Waals surface area contributed by atoms with Crippen LogP contribution in [-0.2, 0) is 10.0 Å². The zero-order valence-corrected chi connectivity index (χ0v) is 11.1. The second-order valence-corrected chi connectivity index (χ2v) is 5.75. The third-order valence-electron chi connectivity index (χ3n) is 1.90. The standard InChI is InChI=1S/C10H10BrFN2O2S/c1-2-3-4-14-17(15,16)10-5-7(11)8(12)6-9(10)13/h1,5-6,14H,3-4,13H2. The molecule has 0 aliphatic rings. The lowest BCUT2D eigenvalue weighted by atomic mass is 10.3. The number of nitrogens with two attached hydrogens (primary N) is 1. The van der Waals surface area contributed by atoms with Gasteiger partial charge in [-0.05, 0) is 28.1 Å². The van der Waals surface area contributed by atoms with Crippen molar-refractivity contribution in [2.24, 2.45) is 0 Å². The van der Waals surface area contributed by atoms with Crippen molar-refractivity contribution in [3.05, 3.63) is 22.4 Å². The molecule has 0 saturated heterocycles. The summed E-state index contributed by atoms with van der Waals surface area (Å²) in [7, 11) is -3.77. The summed E-state index contributed by atoms with van der Waals surface area (Å²) in [4.78, 5) is -0.178. The van der Waals surface area contributed by atoms with Crippen LogP contribution in [0.2, 0.25) is 0 Å². The topological polar surface area (TPSA) is 72.2 Å². The van der Waals surface area contributed by atoms with Gasteiger partial charge in [0.25, 0.3) is 0 Å². The molecule has 0 aromatic heterocycles. The minimum Gasteiger partial charge on any atom is -0.398 e. The molecule has 0 fully saturated rings. The van der Waals surface area contributed by atoms with Crippen LogP contribution in [0, 0.1) is 18.2 Å². The van der Waals surface area contributed by atoms with Gasteiger partial charge in [0.15, 0.2) is 0 Å². The van der Waals surface area contributed by atoms with Crippen molar-refractivity contribution in [1.82, 2.24) is 4.72 Å². The van der Waals surface area contributed by atoms with Crippen molar-refractivity contribution in [3.63, 3.8) is 0 Å². The third-order valence-corrected chi connectivity index (χ3v) is 4.03. The minimum atomic E-state index is -3.77. The molecule has 0 bridgehead atoms. The van der Waals surface area contributed by atoms with Crippen molar-refractivity contribution in [2.45, 2.75) is 11.3 Å². The Kier molecular flexibility index (Phi) is 4.51. The molecule has 4 nitrogen and oxygen atoms in total. The minimum absolute atomic E-state index is 0.0315. The molecule has 0 heterocycles. The Morgan fingerprint density at radius 2 is 2.18 bits per heavy atom. The molecule has 0 aliphatic heterocycles.